The van der Waals surface area contributed by atoms with E-state index in [-0.39, 0.29) is 18.3 Å². The third-order valence-corrected chi connectivity index (χ3v) is 1.78. The van der Waals surface area contributed by atoms with E-state index in [1.165, 1.54) is 13.8 Å². The van der Waals surface area contributed by atoms with Crippen LogP contribution in [0.15, 0.2) is 12.2 Å². The second-order valence-corrected chi connectivity index (χ2v) is 3.41. The van der Waals surface area contributed by atoms with Crippen LogP contribution in [0.3, 0.4) is 0 Å². The smallest absolute Gasteiger partial charge is 0.347 e. The molecule has 0 saturated carbocycles. The van der Waals surface area contributed by atoms with Crippen molar-refractivity contribution in [1.29, 1.82) is 0 Å². The number of esters is 2. The van der Waals surface area contributed by atoms with Crippen molar-refractivity contribution < 1.29 is 23.8 Å². The van der Waals surface area contributed by atoms with E-state index in [2.05, 4.69) is 6.58 Å². The second-order valence-electron chi connectivity index (χ2n) is 3.41. The van der Waals surface area contributed by atoms with Gasteiger partial charge in [-0.25, -0.2) is 9.59 Å². The van der Waals surface area contributed by atoms with Gasteiger partial charge in [-0.2, -0.15) is 0 Å². The Hall–Kier alpha value is -1.36. The first-order chi connectivity index (χ1) is 7.00. The molecule has 1 heterocycles. The Morgan fingerprint density at radius 1 is 1.60 bits per heavy atom. The average Bonchev–Trinajstić information content (AvgIpc) is 2.97. The van der Waals surface area contributed by atoms with E-state index in [9.17, 15) is 9.59 Å². The number of rotatable bonds is 5. The molecule has 0 N–H and O–H groups in total. The van der Waals surface area contributed by atoms with Crippen LogP contribution in [0.2, 0.25) is 0 Å². The van der Waals surface area contributed by atoms with Crippen LogP contribution in [0, 0.1) is 0 Å². The molecular formula is C10H14O5. The molecule has 0 radical (unpaired) electrons. The summed E-state index contributed by atoms with van der Waals surface area (Å²) < 4.78 is 14.5. The van der Waals surface area contributed by atoms with E-state index in [1.54, 1.807) is 0 Å². The van der Waals surface area contributed by atoms with Crippen molar-refractivity contribution in [2.24, 2.45) is 0 Å². The first-order valence-electron chi connectivity index (χ1n) is 4.65. The highest BCUT2D eigenvalue weighted by molar-refractivity contribution is 5.89. The van der Waals surface area contributed by atoms with Gasteiger partial charge in [0, 0.05) is 5.57 Å². The highest BCUT2D eigenvalue weighted by Gasteiger charge is 2.26. The first-order valence-corrected chi connectivity index (χ1v) is 4.65. The van der Waals surface area contributed by atoms with Crippen LogP contribution >= 0.6 is 0 Å². The number of carbonyl (C=O) groups is 2. The lowest BCUT2D eigenvalue weighted by atomic mass is 10.3. The molecule has 0 aromatic carbocycles. The van der Waals surface area contributed by atoms with E-state index in [0.29, 0.717) is 6.61 Å². The van der Waals surface area contributed by atoms with E-state index < -0.39 is 18.0 Å². The predicted molar refractivity (Wildman–Crippen MR) is 51.1 cm³/mol. The molecule has 1 saturated heterocycles. The van der Waals surface area contributed by atoms with Crippen LogP contribution in [-0.2, 0) is 23.8 Å². The lowest BCUT2D eigenvalue weighted by Gasteiger charge is -2.11. The van der Waals surface area contributed by atoms with Crippen molar-refractivity contribution in [2.75, 3.05) is 13.2 Å². The molecule has 1 rings (SSSR count). The molecule has 5 heteroatoms. The van der Waals surface area contributed by atoms with Gasteiger partial charge in [0.2, 0.25) is 0 Å². The topological polar surface area (TPSA) is 65.1 Å². The maximum atomic E-state index is 11.2. The fraction of sp³-hybridized carbons (Fsp3) is 0.600. The molecule has 2 atom stereocenters. The van der Waals surface area contributed by atoms with Crippen molar-refractivity contribution in [3.8, 4) is 0 Å². The van der Waals surface area contributed by atoms with Crippen LogP contribution in [0.25, 0.3) is 0 Å². The van der Waals surface area contributed by atoms with Crippen LogP contribution in [0.4, 0.5) is 0 Å². The van der Waals surface area contributed by atoms with Gasteiger partial charge in [0.25, 0.3) is 0 Å². The summed E-state index contributed by atoms with van der Waals surface area (Å²) in [6, 6.07) is 0. The van der Waals surface area contributed by atoms with Crippen molar-refractivity contribution in [3.63, 3.8) is 0 Å². The lowest BCUT2D eigenvalue weighted by molar-refractivity contribution is -0.164. The van der Waals surface area contributed by atoms with E-state index in [1.807, 2.05) is 0 Å². The largest absolute Gasteiger partial charge is 0.460 e. The zero-order valence-corrected chi connectivity index (χ0v) is 8.82. The Bertz CT molecular complexity index is 280. The standard InChI is InChI=1S/C10H14O5/c1-6(2)9(11)15-7(3)10(12)14-5-8-4-13-8/h7-8H,1,4-5H2,2-3H3. The Kier molecular flexibility index (Phi) is 3.85. The van der Waals surface area contributed by atoms with Crippen molar-refractivity contribution in [1.82, 2.24) is 0 Å². The van der Waals surface area contributed by atoms with E-state index >= 15 is 0 Å². The number of carbonyl (C=O) groups excluding carboxylic acids is 2. The SMILES string of the molecule is C=C(C)C(=O)OC(C)C(=O)OCC1CO1. The molecule has 1 aliphatic heterocycles. The molecule has 2 unspecified atom stereocenters. The minimum absolute atomic E-state index is 0.0120. The van der Waals surface area contributed by atoms with Crippen molar-refractivity contribution in [2.45, 2.75) is 26.1 Å². The van der Waals surface area contributed by atoms with Gasteiger partial charge in [0.05, 0.1) is 6.61 Å². The van der Waals surface area contributed by atoms with Gasteiger partial charge in [-0.1, -0.05) is 6.58 Å². The van der Waals surface area contributed by atoms with Crippen LogP contribution in [-0.4, -0.2) is 37.4 Å². The second kappa shape index (κ2) is 4.93. The summed E-state index contributed by atoms with van der Waals surface area (Å²) in [5, 5.41) is 0. The molecule has 1 aliphatic rings. The number of epoxide rings is 1. The van der Waals surface area contributed by atoms with Gasteiger partial charge < -0.3 is 14.2 Å². The zero-order valence-electron chi connectivity index (χ0n) is 8.82. The Morgan fingerprint density at radius 3 is 2.67 bits per heavy atom. The first kappa shape index (κ1) is 11.7. The summed E-state index contributed by atoms with van der Waals surface area (Å²) in [5.74, 6) is -1.16. The van der Waals surface area contributed by atoms with Gasteiger partial charge in [-0.3, -0.25) is 0 Å². The Labute approximate surface area is 88.0 Å². The highest BCUT2D eigenvalue weighted by atomic mass is 16.6. The monoisotopic (exact) mass is 214 g/mol. The van der Waals surface area contributed by atoms with Gasteiger partial charge in [-0.05, 0) is 13.8 Å². The minimum atomic E-state index is -0.909. The Balaban J connectivity index is 2.24. The molecule has 15 heavy (non-hydrogen) atoms. The van der Waals surface area contributed by atoms with Crippen LogP contribution < -0.4 is 0 Å². The van der Waals surface area contributed by atoms with Gasteiger partial charge in [0.15, 0.2) is 6.10 Å². The summed E-state index contributed by atoms with van der Waals surface area (Å²) >= 11 is 0. The van der Waals surface area contributed by atoms with Crippen molar-refractivity contribution in [3.05, 3.63) is 12.2 Å². The molecule has 84 valence electrons. The molecular weight excluding hydrogens is 200 g/mol. The normalized spacial score (nSPS) is 20.3. The maximum Gasteiger partial charge on any atom is 0.347 e. The van der Waals surface area contributed by atoms with Crippen LogP contribution in [0.1, 0.15) is 13.8 Å². The number of hydrogen-bond acceptors (Lipinski definition) is 5. The molecule has 5 nitrogen and oxygen atoms in total. The molecule has 0 amide bonds. The fourth-order valence-electron chi connectivity index (χ4n) is 0.766. The predicted octanol–water partition coefficient (Wildman–Crippen LogP) is 0.436. The summed E-state index contributed by atoms with van der Waals surface area (Å²) in [6.07, 6.45) is -0.897. The van der Waals surface area contributed by atoms with Gasteiger partial charge in [0.1, 0.15) is 12.7 Å². The molecule has 0 aromatic heterocycles. The number of hydrogen-bond donors (Lipinski definition) is 0. The average molecular weight is 214 g/mol. The number of ether oxygens (including phenoxy) is 3. The third-order valence-electron chi connectivity index (χ3n) is 1.78. The molecule has 0 spiro atoms. The highest BCUT2D eigenvalue weighted by Crippen LogP contribution is 2.09. The van der Waals surface area contributed by atoms with Gasteiger partial charge >= 0.3 is 11.9 Å². The van der Waals surface area contributed by atoms with Crippen LogP contribution in [0.5, 0.6) is 0 Å². The summed E-state index contributed by atoms with van der Waals surface area (Å²) in [5.41, 5.74) is 0.250. The molecule has 0 aromatic rings. The fourth-order valence-corrected chi connectivity index (χ4v) is 0.766. The molecule has 1 fully saturated rings. The molecule has 0 bridgehead atoms. The summed E-state index contributed by atoms with van der Waals surface area (Å²) in [6.45, 7) is 7.21. The van der Waals surface area contributed by atoms with E-state index in [4.69, 9.17) is 14.2 Å². The lowest BCUT2D eigenvalue weighted by Crippen LogP contribution is -2.27. The summed E-state index contributed by atoms with van der Waals surface area (Å²) in [4.78, 5) is 22.3. The minimum Gasteiger partial charge on any atom is -0.460 e. The third kappa shape index (κ3) is 4.12. The summed E-state index contributed by atoms with van der Waals surface area (Å²) in [7, 11) is 0. The van der Waals surface area contributed by atoms with Gasteiger partial charge in [-0.15, -0.1) is 0 Å². The quantitative estimate of drug-likeness (QED) is 0.377. The van der Waals surface area contributed by atoms with E-state index in [0.717, 1.165) is 0 Å². The Morgan fingerprint density at radius 2 is 2.20 bits per heavy atom. The molecule has 0 aliphatic carbocycles. The van der Waals surface area contributed by atoms with Crippen molar-refractivity contribution >= 4 is 11.9 Å². The zero-order chi connectivity index (χ0) is 11.4. The maximum absolute atomic E-state index is 11.2.